The summed E-state index contributed by atoms with van der Waals surface area (Å²) < 4.78 is 20.1. The topological polar surface area (TPSA) is 89.9 Å². The van der Waals surface area contributed by atoms with Gasteiger partial charge >= 0.3 is 11.9 Å². The average molecular weight is 238 g/mol. The largest absolute Gasteiger partial charge is 0.469 e. The van der Waals surface area contributed by atoms with Crippen molar-refractivity contribution in [2.24, 2.45) is 0 Å². The lowest BCUT2D eigenvalue weighted by Crippen LogP contribution is -2.08. The molecule has 0 aromatic rings. The Morgan fingerprint density at radius 2 is 1.40 bits per heavy atom. The Labute approximate surface area is 88.0 Å². The molecule has 0 aromatic heterocycles. The van der Waals surface area contributed by atoms with Crippen LogP contribution in [0.3, 0.4) is 0 Å². The van der Waals surface area contributed by atoms with Crippen LogP contribution in [0.2, 0.25) is 0 Å². The minimum atomic E-state index is -3.43. The monoisotopic (exact) mass is 238 g/mol. The molecule has 0 amide bonds. The van der Waals surface area contributed by atoms with Gasteiger partial charge in [0.05, 0.1) is 27.1 Å². The molecule has 7 heteroatoms. The molecule has 0 rings (SSSR count). The van der Waals surface area contributed by atoms with E-state index in [-0.39, 0.29) is 25.2 Å². The van der Waals surface area contributed by atoms with Crippen molar-refractivity contribution in [3.8, 4) is 0 Å². The van der Waals surface area contributed by atoms with Crippen molar-refractivity contribution in [1.29, 1.82) is 0 Å². The van der Waals surface area contributed by atoms with Crippen LogP contribution in [0.5, 0.6) is 0 Å². The van der Waals surface area contributed by atoms with Crippen LogP contribution in [-0.4, -0.2) is 43.4 Å². The van der Waals surface area contributed by atoms with Gasteiger partial charge in [-0.1, -0.05) is 0 Å². The maximum absolute atomic E-state index is 11.4. The molecule has 15 heavy (non-hydrogen) atoms. The predicted octanol–water partition coefficient (Wildman–Crippen LogP) is 0.383. The summed E-state index contributed by atoms with van der Waals surface area (Å²) in [4.78, 5) is 30.8. The maximum Gasteiger partial charge on any atom is 0.306 e. The molecule has 0 fully saturated rings. The molecule has 0 aliphatic rings. The number of ether oxygens (including phenoxy) is 2. The first-order valence-corrected chi connectivity index (χ1v) is 6.39. The van der Waals surface area contributed by atoms with Crippen LogP contribution in [0.25, 0.3) is 0 Å². The summed E-state index contributed by atoms with van der Waals surface area (Å²) in [5, 5.41) is 0. The number of hydrogen-bond donors (Lipinski definition) is 1. The van der Waals surface area contributed by atoms with E-state index in [9.17, 15) is 19.0 Å². The van der Waals surface area contributed by atoms with E-state index in [1.54, 1.807) is 0 Å². The van der Waals surface area contributed by atoms with E-state index in [2.05, 4.69) is 9.47 Å². The SMILES string of the molecule is COC(=O)CCP(=O)(O)CCC(=O)OC. The highest BCUT2D eigenvalue weighted by molar-refractivity contribution is 7.58. The Kier molecular flexibility index (Phi) is 6.20. The molecule has 0 aromatic carbocycles. The number of rotatable bonds is 6. The summed E-state index contributed by atoms with van der Waals surface area (Å²) in [6, 6.07) is 0. The summed E-state index contributed by atoms with van der Waals surface area (Å²) in [7, 11) is -1.01. The average Bonchev–Trinajstić information content (AvgIpc) is 2.22. The first-order valence-electron chi connectivity index (χ1n) is 4.36. The third-order valence-electron chi connectivity index (χ3n) is 1.79. The molecular weight excluding hydrogens is 223 g/mol. The molecule has 0 saturated carbocycles. The van der Waals surface area contributed by atoms with E-state index in [0.717, 1.165) is 0 Å². The molecule has 0 unspecified atom stereocenters. The van der Waals surface area contributed by atoms with E-state index in [4.69, 9.17) is 0 Å². The van der Waals surface area contributed by atoms with Crippen molar-refractivity contribution in [1.82, 2.24) is 0 Å². The fraction of sp³-hybridized carbons (Fsp3) is 0.750. The number of carbonyl (C=O) groups is 2. The van der Waals surface area contributed by atoms with Crippen molar-refractivity contribution >= 4 is 19.3 Å². The quantitative estimate of drug-likeness (QED) is 0.531. The van der Waals surface area contributed by atoms with Gasteiger partial charge < -0.3 is 14.4 Å². The summed E-state index contributed by atoms with van der Waals surface area (Å²) in [5.41, 5.74) is 0. The summed E-state index contributed by atoms with van der Waals surface area (Å²) in [6.45, 7) is 0. The Morgan fingerprint density at radius 3 is 1.67 bits per heavy atom. The second kappa shape index (κ2) is 6.58. The van der Waals surface area contributed by atoms with Crippen molar-refractivity contribution < 1.29 is 28.5 Å². The molecule has 0 saturated heterocycles. The number of methoxy groups -OCH3 is 2. The molecule has 88 valence electrons. The minimum absolute atomic E-state index is 0.120. The van der Waals surface area contributed by atoms with Gasteiger partial charge in [-0.2, -0.15) is 0 Å². The van der Waals surface area contributed by atoms with Gasteiger partial charge in [0.25, 0.3) is 0 Å². The van der Waals surface area contributed by atoms with Crippen molar-refractivity contribution in [3.63, 3.8) is 0 Å². The van der Waals surface area contributed by atoms with Crippen LogP contribution in [-0.2, 0) is 23.6 Å². The zero-order chi connectivity index (χ0) is 11.9. The summed E-state index contributed by atoms with van der Waals surface area (Å²) in [5.74, 6) is -1.08. The van der Waals surface area contributed by atoms with Crippen LogP contribution in [0.4, 0.5) is 0 Å². The molecule has 6 nitrogen and oxygen atoms in total. The summed E-state index contributed by atoms with van der Waals surface area (Å²) in [6.07, 6.45) is -0.579. The third kappa shape index (κ3) is 7.11. The van der Waals surface area contributed by atoms with E-state index in [0.29, 0.717) is 0 Å². The molecule has 0 heterocycles. The zero-order valence-electron chi connectivity index (χ0n) is 8.76. The Hall–Kier alpha value is -0.870. The molecule has 1 N–H and O–H groups in total. The van der Waals surface area contributed by atoms with Gasteiger partial charge in [0.2, 0.25) is 7.37 Å². The van der Waals surface area contributed by atoms with Gasteiger partial charge in [-0.25, -0.2) is 0 Å². The maximum atomic E-state index is 11.4. The Bertz CT molecular complexity index is 250. The predicted molar refractivity (Wildman–Crippen MR) is 52.8 cm³/mol. The van der Waals surface area contributed by atoms with Gasteiger partial charge in [0.1, 0.15) is 0 Å². The summed E-state index contributed by atoms with van der Waals surface area (Å²) >= 11 is 0. The molecule has 0 aliphatic carbocycles. The van der Waals surface area contributed by atoms with Gasteiger partial charge in [-0.15, -0.1) is 0 Å². The smallest absolute Gasteiger partial charge is 0.306 e. The van der Waals surface area contributed by atoms with Crippen LogP contribution in [0, 0.1) is 0 Å². The zero-order valence-corrected chi connectivity index (χ0v) is 9.66. The van der Waals surface area contributed by atoms with Crippen molar-refractivity contribution in [2.45, 2.75) is 12.8 Å². The van der Waals surface area contributed by atoms with Crippen LogP contribution in [0.1, 0.15) is 12.8 Å². The van der Waals surface area contributed by atoms with Crippen molar-refractivity contribution in [3.05, 3.63) is 0 Å². The van der Waals surface area contributed by atoms with Crippen molar-refractivity contribution in [2.75, 3.05) is 26.5 Å². The van der Waals surface area contributed by atoms with Gasteiger partial charge in [-0.05, 0) is 0 Å². The highest BCUT2D eigenvalue weighted by Gasteiger charge is 2.21. The van der Waals surface area contributed by atoms with E-state index < -0.39 is 19.3 Å². The second-order valence-electron chi connectivity index (χ2n) is 2.95. The van der Waals surface area contributed by atoms with E-state index >= 15 is 0 Å². The molecule has 0 spiro atoms. The molecule has 0 bridgehead atoms. The van der Waals surface area contributed by atoms with Crippen LogP contribution in [0.15, 0.2) is 0 Å². The molecule has 0 radical (unpaired) electrons. The Balaban J connectivity index is 3.92. The highest BCUT2D eigenvalue weighted by atomic mass is 31.2. The highest BCUT2D eigenvalue weighted by Crippen LogP contribution is 2.41. The fourth-order valence-corrected chi connectivity index (χ4v) is 2.14. The number of carbonyl (C=O) groups excluding carboxylic acids is 2. The minimum Gasteiger partial charge on any atom is -0.469 e. The van der Waals surface area contributed by atoms with Gasteiger partial charge in [0.15, 0.2) is 0 Å². The fourth-order valence-electron chi connectivity index (χ4n) is 0.848. The molecule has 0 atom stereocenters. The van der Waals surface area contributed by atoms with Gasteiger partial charge in [0, 0.05) is 12.3 Å². The second-order valence-corrected chi connectivity index (χ2v) is 5.53. The third-order valence-corrected chi connectivity index (χ3v) is 3.63. The molecular formula is C8H15O6P. The van der Waals surface area contributed by atoms with Gasteiger partial charge in [-0.3, -0.25) is 14.2 Å². The van der Waals surface area contributed by atoms with Crippen LogP contribution >= 0.6 is 7.37 Å². The number of hydrogen-bond acceptors (Lipinski definition) is 5. The lowest BCUT2D eigenvalue weighted by atomic mass is 10.5. The standard InChI is InChI=1S/C8H15O6P/c1-13-7(9)3-5-15(11,12)6-4-8(10)14-2/h3-6H2,1-2H3,(H,11,12). The lowest BCUT2D eigenvalue weighted by Gasteiger charge is -2.09. The number of esters is 2. The first kappa shape index (κ1) is 14.1. The van der Waals surface area contributed by atoms with E-state index in [1.807, 2.05) is 0 Å². The van der Waals surface area contributed by atoms with Crippen LogP contribution < -0.4 is 0 Å². The first-order chi connectivity index (χ1) is 6.91. The molecule has 0 aliphatic heterocycles. The lowest BCUT2D eigenvalue weighted by molar-refractivity contribution is -0.140. The van der Waals surface area contributed by atoms with E-state index in [1.165, 1.54) is 14.2 Å². The Morgan fingerprint density at radius 1 is 1.07 bits per heavy atom. The normalized spacial score (nSPS) is 10.9.